The van der Waals surface area contributed by atoms with Crippen LogP contribution in [0.15, 0.2) is 194 Å². The standard InChI is InChI=1S/C63H60O4/c1-61(2,47-31-35-62(36-32-47,49-23-27-57(64)53(39-49)43-15-7-3-8-16-43)50-24-28-58(65)54(40-50)44-17-9-4-10-18-44)48-33-37-63(38-34-48,51-25-29-59(66)55(41-51)45-19-11-5-12-20-45)52-26-30-60(67)56(42-52)46-21-13-6-14-22-46/h3-30,39-42,47-48,64-67H,31-38H2,1-2H3. The summed E-state index contributed by atoms with van der Waals surface area (Å²) in [7, 11) is 0. The van der Waals surface area contributed by atoms with Crippen LogP contribution in [0.3, 0.4) is 0 Å². The molecule has 2 aliphatic carbocycles. The number of phenols is 4. The Hall–Kier alpha value is -7.04. The van der Waals surface area contributed by atoms with Crippen molar-refractivity contribution >= 4 is 0 Å². The zero-order valence-electron chi connectivity index (χ0n) is 38.6. The van der Waals surface area contributed by atoms with E-state index in [4.69, 9.17) is 0 Å². The number of aromatic hydroxyl groups is 4. The average molecular weight is 881 g/mol. The molecule has 0 bridgehead atoms. The minimum absolute atomic E-state index is 0.0565. The summed E-state index contributed by atoms with van der Waals surface area (Å²) < 4.78 is 0. The molecular weight excluding hydrogens is 821 g/mol. The van der Waals surface area contributed by atoms with Crippen molar-refractivity contribution in [3.63, 3.8) is 0 Å². The largest absolute Gasteiger partial charge is 0.507 e. The van der Waals surface area contributed by atoms with Gasteiger partial charge in [-0.1, -0.05) is 159 Å². The first-order valence-corrected chi connectivity index (χ1v) is 24.1. The third kappa shape index (κ3) is 8.18. The van der Waals surface area contributed by atoms with E-state index in [0.717, 1.165) is 95.9 Å². The van der Waals surface area contributed by atoms with Crippen molar-refractivity contribution < 1.29 is 20.4 Å². The van der Waals surface area contributed by atoms with E-state index >= 15 is 0 Å². The Morgan fingerprint density at radius 1 is 0.328 bits per heavy atom. The van der Waals surface area contributed by atoms with E-state index in [1.807, 2.05) is 97.1 Å². The molecule has 8 aromatic carbocycles. The van der Waals surface area contributed by atoms with Crippen molar-refractivity contribution in [3.05, 3.63) is 216 Å². The zero-order chi connectivity index (χ0) is 46.2. The molecule has 0 radical (unpaired) electrons. The van der Waals surface area contributed by atoms with Gasteiger partial charge >= 0.3 is 0 Å². The highest BCUT2D eigenvalue weighted by atomic mass is 16.3. The highest BCUT2D eigenvalue weighted by Crippen LogP contribution is 2.58. The van der Waals surface area contributed by atoms with Gasteiger partial charge in [-0.2, -0.15) is 0 Å². The molecule has 4 N–H and O–H groups in total. The van der Waals surface area contributed by atoms with Crippen LogP contribution in [0.2, 0.25) is 0 Å². The maximum absolute atomic E-state index is 11.2. The molecule has 10 rings (SSSR count). The minimum atomic E-state index is -0.326. The molecule has 8 aromatic rings. The predicted octanol–water partition coefficient (Wildman–Crippen LogP) is 15.9. The Labute approximate surface area is 395 Å². The Balaban J connectivity index is 0.981. The first-order valence-electron chi connectivity index (χ1n) is 24.1. The summed E-state index contributed by atoms with van der Waals surface area (Å²) in [4.78, 5) is 0. The molecule has 0 aromatic heterocycles. The number of benzene rings is 8. The van der Waals surface area contributed by atoms with E-state index in [0.29, 0.717) is 11.8 Å². The Kier molecular flexibility index (Phi) is 11.8. The fourth-order valence-corrected chi connectivity index (χ4v) is 12.3. The summed E-state index contributed by atoms with van der Waals surface area (Å²) in [5, 5.41) is 45.0. The molecule has 0 heterocycles. The van der Waals surface area contributed by atoms with E-state index in [-0.39, 0.29) is 39.2 Å². The van der Waals surface area contributed by atoms with E-state index in [9.17, 15) is 20.4 Å². The quantitative estimate of drug-likeness (QED) is 0.110. The molecule has 0 atom stereocenters. The van der Waals surface area contributed by atoms with Crippen LogP contribution < -0.4 is 0 Å². The first kappa shape index (κ1) is 43.8. The van der Waals surface area contributed by atoms with Crippen molar-refractivity contribution in [3.8, 4) is 67.5 Å². The Morgan fingerprint density at radius 3 is 0.776 bits per heavy atom. The van der Waals surface area contributed by atoms with Gasteiger partial charge in [-0.05, 0) is 162 Å². The van der Waals surface area contributed by atoms with Gasteiger partial charge in [-0.25, -0.2) is 0 Å². The Morgan fingerprint density at radius 2 is 0.552 bits per heavy atom. The number of rotatable bonds is 10. The van der Waals surface area contributed by atoms with Crippen LogP contribution >= 0.6 is 0 Å². The molecular formula is C63H60O4. The summed E-state index contributed by atoms with van der Waals surface area (Å²) in [6.07, 6.45) is 7.98. The molecule has 0 aliphatic heterocycles. The SMILES string of the molecule is CC(C)(C1CCC(c2ccc(O)c(-c3ccccc3)c2)(c2ccc(O)c(-c3ccccc3)c2)CC1)C1CCC(c2ccc(O)c(-c3ccccc3)c2)(c2ccc(O)c(-c3ccccc3)c2)CC1. The van der Waals surface area contributed by atoms with E-state index in [2.05, 4.69) is 111 Å². The van der Waals surface area contributed by atoms with E-state index < -0.39 is 0 Å². The van der Waals surface area contributed by atoms with Gasteiger partial charge in [-0.15, -0.1) is 0 Å². The molecule has 0 saturated heterocycles. The highest BCUT2D eigenvalue weighted by molar-refractivity contribution is 5.75. The molecule has 0 spiro atoms. The van der Waals surface area contributed by atoms with Crippen molar-refractivity contribution in [1.29, 1.82) is 0 Å². The summed E-state index contributed by atoms with van der Waals surface area (Å²) >= 11 is 0. The average Bonchev–Trinajstić information content (AvgIpc) is 3.38. The molecule has 0 unspecified atom stereocenters. The van der Waals surface area contributed by atoms with Gasteiger partial charge in [0.05, 0.1) is 0 Å². The lowest BCUT2D eigenvalue weighted by Gasteiger charge is -2.52. The zero-order valence-corrected chi connectivity index (χ0v) is 38.6. The summed E-state index contributed by atoms with van der Waals surface area (Å²) in [6.45, 7) is 5.04. The van der Waals surface area contributed by atoms with E-state index in [1.165, 1.54) is 22.3 Å². The molecule has 67 heavy (non-hydrogen) atoms. The number of phenolic OH excluding ortho intramolecular Hbond substituents is 4. The van der Waals surface area contributed by atoms with Gasteiger partial charge in [0.2, 0.25) is 0 Å². The monoisotopic (exact) mass is 880 g/mol. The van der Waals surface area contributed by atoms with E-state index in [1.54, 1.807) is 0 Å². The van der Waals surface area contributed by atoms with Gasteiger partial charge in [0.15, 0.2) is 0 Å². The lowest BCUT2D eigenvalue weighted by atomic mass is 9.53. The van der Waals surface area contributed by atoms with Gasteiger partial charge in [-0.3, -0.25) is 0 Å². The molecule has 2 aliphatic rings. The Bertz CT molecular complexity index is 2590. The second kappa shape index (κ2) is 18.0. The second-order valence-corrected chi connectivity index (χ2v) is 19.9. The van der Waals surface area contributed by atoms with Crippen LogP contribution in [0.1, 0.15) is 87.5 Å². The lowest BCUT2D eigenvalue weighted by molar-refractivity contribution is 0.0365. The van der Waals surface area contributed by atoms with Crippen LogP contribution in [0, 0.1) is 17.3 Å². The fraction of sp³-hybridized carbons (Fsp3) is 0.238. The molecule has 336 valence electrons. The van der Waals surface area contributed by atoms with Crippen molar-refractivity contribution in [2.24, 2.45) is 17.3 Å². The lowest BCUT2D eigenvalue weighted by Crippen LogP contribution is -2.43. The summed E-state index contributed by atoms with van der Waals surface area (Å²) in [5.41, 5.74) is 11.5. The van der Waals surface area contributed by atoms with Crippen molar-refractivity contribution in [2.45, 2.75) is 76.0 Å². The van der Waals surface area contributed by atoms with Gasteiger partial charge in [0.1, 0.15) is 23.0 Å². The minimum Gasteiger partial charge on any atom is -0.507 e. The smallest absolute Gasteiger partial charge is 0.123 e. The second-order valence-electron chi connectivity index (χ2n) is 19.9. The van der Waals surface area contributed by atoms with Crippen LogP contribution in [0.4, 0.5) is 0 Å². The predicted molar refractivity (Wildman–Crippen MR) is 273 cm³/mol. The van der Waals surface area contributed by atoms with Gasteiger partial charge < -0.3 is 20.4 Å². The maximum atomic E-state index is 11.2. The van der Waals surface area contributed by atoms with Crippen LogP contribution in [-0.4, -0.2) is 20.4 Å². The molecule has 4 nitrogen and oxygen atoms in total. The number of hydrogen-bond donors (Lipinski definition) is 4. The molecule has 0 amide bonds. The van der Waals surface area contributed by atoms with Crippen molar-refractivity contribution in [2.75, 3.05) is 0 Å². The number of hydrogen-bond acceptors (Lipinski definition) is 4. The summed E-state index contributed by atoms with van der Waals surface area (Å²) in [6, 6.07) is 65.5. The fourth-order valence-electron chi connectivity index (χ4n) is 12.3. The van der Waals surface area contributed by atoms with Crippen molar-refractivity contribution in [1.82, 2.24) is 0 Å². The third-order valence-corrected chi connectivity index (χ3v) is 16.3. The maximum Gasteiger partial charge on any atom is 0.123 e. The van der Waals surface area contributed by atoms with Crippen LogP contribution in [0.25, 0.3) is 44.5 Å². The van der Waals surface area contributed by atoms with Crippen LogP contribution in [0.5, 0.6) is 23.0 Å². The third-order valence-electron chi connectivity index (χ3n) is 16.3. The summed E-state index contributed by atoms with van der Waals surface area (Å²) in [5.74, 6) is 2.08. The molecule has 2 saturated carbocycles. The molecule has 4 heteroatoms. The van der Waals surface area contributed by atoms with Gasteiger partial charge in [0.25, 0.3) is 0 Å². The first-order chi connectivity index (χ1) is 32.6. The van der Waals surface area contributed by atoms with Crippen LogP contribution in [-0.2, 0) is 10.8 Å². The highest BCUT2D eigenvalue weighted by Gasteiger charge is 2.48. The normalized spacial score (nSPS) is 16.4. The topological polar surface area (TPSA) is 80.9 Å². The molecule has 2 fully saturated rings. The van der Waals surface area contributed by atoms with Gasteiger partial charge in [0, 0.05) is 33.1 Å².